The molecular formula is C22H29NO4. The Bertz CT molecular complexity index is 812. The Labute approximate surface area is 161 Å². The molecule has 27 heavy (non-hydrogen) atoms. The number of benzene rings is 2. The van der Waals surface area contributed by atoms with Crippen LogP contribution in [-0.2, 0) is 4.74 Å². The molecule has 0 aromatic heterocycles. The number of ether oxygens (including phenoxy) is 2. The number of amides is 1. The van der Waals surface area contributed by atoms with Gasteiger partial charge in [-0.3, -0.25) is 5.32 Å². The number of phenols is 1. The number of phenolic OH excluding ortho intramolecular Hbond substituents is 1. The summed E-state index contributed by atoms with van der Waals surface area (Å²) in [6.07, 6.45) is -0.491. The van der Waals surface area contributed by atoms with Crippen molar-refractivity contribution in [1.29, 1.82) is 0 Å². The third kappa shape index (κ3) is 5.64. The molecule has 0 aliphatic rings. The molecule has 0 aliphatic heterocycles. The van der Waals surface area contributed by atoms with Gasteiger partial charge in [0.2, 0.25) is 0 Å². The van der Waals surface area contributed by atoms with Crippen LogP contribution in [0.15, 0.2) is 30.3 Å². The average molecular weight is 371 g/mol. The highest BCUT2D eigenvalue weighted by Gasteiger charge is 2.17. The Morgan fingerprint density at radius 3 is 2.19 bits per heavy atom. The highest BCUT2D eigenvalue weighted by Crippen LogP contribution is 2.35. The Kier molecular flexibility index (Phi) is 6.04. The fourth-order valence-corrected chi connectivity index (χ4v) is 2.78. The number of anilines is 1. The third-order valence-electron chi connectivity index (χ3n) is 3.95. The van der Waals surface area contributed by atoms with Gasteiger partial charge in [0.25, 0.3) is 0 Å². The third-order valence-corrected chi connectivity index (χ3v) is 3.95. The Hall–Kier alpha value is -2.69. The molecule has 0 atom stereocenters. The molecule has 0 unspecified atom stereocenters. The molecule has 0 aliphatic carbocycles. The van der Waals surface area contributed by atoms with Crippen LogP contribution in [0.4, 0.5) is 10.5 Å². The second-order valence-electron chi connectivity index (χ2n) is 8.04. The zero-order valence-corrected chi connectivity index (χ0v) is 17.1. The standard InChI is InChI=1S/C22H29NO4/c1-13(2)18-12-17(8-9-19(18)24)26-20-14(3)10-16(11-15(20)4)23-21(25)27-22(5,6)7/h8-13,24H,1-7H3,(H,23,25). The molecule has 0 bridgehead atoms. The van der Waals surface area contributed by atoms with Crippen LogP contribution in [-0.4, -0.2) is 16.8 Å². The number of hydrogen-bond acceptors (Lipinski definition) is 4. The normalized spacial score (nSPS) is 11.4. The number of hydrogen-bond donors (Lipinski definition) is 2. The van der Waals surface area contributed by atoms with Crippen molar-refractivity contribution in [3.05, 3.63) is 47.0 Å². The molecule has 2 N–H and O–H groups in total. The maximum absolute atomic E-state index is 12.0. The molecule has 0 radical (unpaired) electrons. The van der Waals surface area contributed by atoms with E-state index in [1.165, 1.54) is 0 Å². The lowest BCUT2D eigenvalue weighted by atomic mass is 10.0. The van der Waals surface area contributed by atoms with Crippen molar-refractivity contribution < 1.29 is 19.4 Å². The second-order valence-corrected chi connectivity index (χ2v) is 8.04. The lowest BCUT2D eigenvalue weighted by Gasteiger charge is -2.20. The van der Waals surface area contributed by atoms with Gasteiger partial charge < -0.3 is 14.6 Å². The quantitative estimate of drug-likeness (QED) is 0.664. The molecule has 1 amide bonds. The van der Waals surface area contributed by atoms with Crippen LogP contribution in [0.1, 0.15) is 57.2 Å². The van der Waals surface area contributed by atoms with Gasteiger partial charge in [-0.05, 0) is 82.0 Å². The summed E-state index contributed by atoms with van der Waals surface area (Å²) in [5.74, 6) is 1.85. The van der Waals surface area contributed by atoms with Gasteiger partial charge in [-0.1, -0.05) is 13.8 Å². The molecule has 2 rings (SSSR count). The fraction of sp³-hybridized carbons (Fsp3) is 0.409. The first-order chi connectivity index (χ1) is 12.5. The number of aromatic hydroxyl groups is 1. The predicted molar refractivity (Wildman–Crippen MR) is 108 cm³/mol. The van der Waals surface area contributed by atoms with Crippen molar-refractivity contribution in [3.63, 3.8) is 0 Å². The van der Waals surface area contributed by atoms with Gasteiger partial charge in [-0.25, -0.2) is 4.79 Å². The summed E-state index contributed by atoms with van der Waals surface area (Å²) in [6, 6.07) is 8.93. The number of rotatable bonds is 4. The van der Waals surface area contributed by atoms with E-state index >= 15 is 0 Å². The van der Waals surface area contributed by atoms with Crippen molar-refractivity contribution in [3.8, 4) is 17.2 Å². The van der Waals surface area contributed by atoms with Crippen molar-refractivity contribution in [2.75, 3.05) is 5.32 Å². The maximum Gasteiger partial charge on any atom is 0.412 e. The van der Waals surface area contributed by atoms with Crippen LogP contribution in [0.2, 0.25) is 0 Å². The summed E-state index contributed by atoms with van der Waals surface area (Å²) in [7, 11) is 0. The van der Waals surface area contributed by atoms with E-state index < -0.39 is 11.7 Å². The van der Waals surface area contributed by atoms with Crippen LogP contribution in [0.5, 0.6) is 17.2 Å². The highest BCUT2D eigenvalue weighted by molar-refractivity contribution is 5.85. The zero-order chi connectivity index (χ0) is 20.4. The minimum atomic E-state index is -0.551. The minimum absolute atomic E-state index is 0.191. The molecule has 0 saturated carbocycles. The average Bonchev–Trinajstić information content (AvgIpc) is 2.50. The summed E-state index contributed by atoms with van der Waals surface area (Å²) in [5, 5.41) is 12.7. The molecule has 2 aromatic carbocycles. The van der Waals surface area contributed by atoms with Crippen LogP contribution in [0, 0.1) is 13.8 Å². The first-order valence-electron chi connectivity index (χ1n) is 9.08. The van der Waals surface area contributed by atoms with E-state index in [0.717, 1.165) is 22.4 Å². The summed E-state index contributed by atoms with van der Waals surface area (Å²) in [6.45, 7) is 13.4. The fourth-order valence-electron chi connectivity index (χ4n) is 2.78. The van der Waals surface area contributed by atoms with E-state index in [2.05, 4.69) is 5.32 Å². The maximum atomic E-state index is 12.0. The van der Waals surface area contributed by atoms with E-state index in [1.807, 2.05) is 66.7 Å². The Balaban J connectivity index is 2.22. The van der Waals surface area contributed by atoms with Crippen molar-refractivity contribution in [1.82, 2.24) is 0 Å². The van der Waals surface area contributed by atoms with E-state index in [9.17, 15) is 9.90 Å². The molecule has 146 valence electrons. The Morgan fingerprint density at radius 2 is 1.67 bits per heavy atom. The second kappa shape index (κ2) is 7.91. The highest BCUT2D eigenvalue weighted by atomic mass is 16.6. The summed E-state index contributed by atoms with van der Waals surface area (Å²) in [4.78, 5) is 12.0. The number of aryl methyl sites for hydroxylation is 2. The van der Waals surface area contributed by atoms with Crippen LogP contribution >= 0.6 is 0 Å². The van der Waals surface area contributed by atoms with Gasteiger partial charge in [0, 0.05) is 11.3 Å². The smallest absolute Gasteiger partial charge is 0.412 e. The summed E-state index contributed by atoms with van der Waals surface area (Å²) < 4.78 is 11.4. The molecular weight excluding hydrogens is 342 g/mol. The minimum Gasteiger partial charge on any atom is -0.508 e. The predicted octanol–water partition coefficient (Wildman–Crippen LogP) is 6.27. The first-order valence-corrected chi connectivity index (χ1v) is 9.08. The molecule has 0 fully saturated rings. The van der Waals surface area contributed by atoms with Crippen molar-refractivity contribution in [2.24, 2.45) is 0 Å². The van der Waals surface area contributed by atoms with Gasteiger partial charge in [0.05, 0.1) is 0 Å². The lowest BCUT2D eigenvalue weighted by molar-refractivity contribution is 0.0636. The number of carbonyl (C=O) groups excluding carboxylic acids is 1. The summed E-state index contributed by atoms with van der Waals surface area (Å²) >= 11 is 0. The van der Waals surface area contributed by atoms with E-state index in [4.69, 9.17) is 9.47 Å². The number of nitrogens with one attached hydrogen (secondary N) is 1. The zero-order valence-electron chi connectivity index (χ0n) is 17.1. The molecule has 5 nitrogen and oxygen atoms in total. The van der Waals surface area contributed by atoms with Crippen molar-refractivity contribution >= 4 is 11.8 Å². The first kappa shape index (κ1) is 20.6. The molecule has 0 spiro atoms. The Morgan fingerprint density at radius 1 is 1.07 bits per heavy atom. The molecule has 0 saturated heterocycles. The summed E-state index contributed by atoms with van der Waals surface area (Å²) in [5.41, 5.74) is 2.72. The van der Waals surface area contributed by atoms with E-state index in [0.29, 0.717) is 11.4 Å². The van der Waals surface area contributed by atoms with Gasteiger partial charge in [0.1, 0.15) is 22.8 Å². The van der Waals surface area contributed by atoms with Crippen molar-refractivity contribution in [2.45, 2.75) is 60.0 Å². The van der Waals surface area contributed by atoms with Gasteiger partial charge in [-0.15, -0.1) is 0 Å². The lowest BCUT2D eigenvalue weighted by Crippen LogP contribution is -2.27. The topological polar surface area (TPSA) is 67.8 Å². The molecule has 2 aromatic rings. The van der Waals surface area contributed by atoms with Gasteiger partial charge in [-0.2, -0.15) is 0 Å². The number of carbonyl (C=O) groups is 1. The molecule has 0 heterocycles. The van der Waals surface area contributed by atoms with Gasteiger partial charge >= 0.3 is 6.09 Å². The van der Waals surface area contributed by atoms with Gasteiger partial charge in [0.15, 0.2) is 0 Å². The largest absolute Gasteiger partial charge is 0.508 e. The monoisotopic (exact) mass is 371 g/mol. The molecule has 5 heteroatoms. The van der Waals surface area contributed by atoms with Crippen LogP contribution < -0.4 is 10.1 Å². The van der Waals surface area contributed by atoms with Crippen LogP contribution in [0.3, 0.4) is 0 Å². The van der Waals surface area contributed by atoms with Crippen LogP contribution in [0.25, 0.3) is 0 Å². The van der Waals surface area contributed by atoms with E-state index in [1.54, 1.807) is 12.1 Å². The SMILES string of the molecule is Cc1cc(NC(=O)OC(C)(C)C)cc(C)c1Oc1ccc(O)c(C(C)C)c1. The van der Waals surface area contributed by atoms with E-state index in [-0.39, 0.29) is 11.7 Å².